The zero-order valence-corrected chi connectivity index (χ0v) is 25.2. The topological polar surface area (TPSA) is 59.8 Å². The van der Waals surface area contributed by atoms with Gasteiger partial charge in [0.25, 0.3) is 0 Å². The van der Waals surface area contributed by atoms with E-state index < -0.39 is 0 Å². The highest BCUT2D eigenvalue weighted by atomic mass is 35.5. The Kier molecular flexibility index (Phi) is 8.34. The minimum atomic E-state index is -0.336. The van der Waals surface area contributed by atoms with E-state index in [4.69, 9.17) is 26.1 Å². The van der Waals surface area contributed by atoms with Gasteiger partial charge in [0.1, 0.15) is 5.82 Å². The van der Waals surface area contributed by atoms with Gasteiger partial charge in [0.05, 0.1) is 53.6 Å². The van der Waals surface area contributed by atoms with Crippen molar-refractivity contribution in [2.75, 3.05) is 38.8 Å². The number of hydrogen-bond acceptors (Lipinski definition) is 6. The van der Waals surface area contributed by atoms with Crippen LogP contribution in [0.2, 0.25) is 5.02 Å². The van der Waals surface area contributed by atoms with Crippen molar-refractivity contribution in [1.82, 2.24) is 14.5 Å². The van der Waals surface area contributed by atoms with Gasteiger partial charge in [-0.05, 0) is 79.8 Å². The lowest BCUT2D eigenvalue weighted by molar-refractivity contribution is -0.0592. The lowest BCUT2D eigenvalue weighted by atomic mass is 10.0. The maximum absolute atomic E-state index is 12.2. The van der Waals surface area contributed by atoms with E-state index in [1.807, 2.05) is 18.2 Å². The van der Waals surface area contributed by atoms with Crippen molar-refractivity contribution in [2.24, 2.45) is 0 Å². The van der Waals surface area contributed by atoms with Crippen molar-refractivity contribution in [3.63, 3.8) is 0 Å². The average molecular weight is 585 g/mol. The molecule has 0 amide bonds. The van der Waals surface area contributed by atoms with Crippen LogP contribution in [0.4, 0.5) is 11.4 Å². The summed E-state index contributed by atoms with van der Waals surface area (Å²) in [6, 6.07) is 20.4. The minimum Gasteiger partial charge on any atom is -0.465 e. The first-order valence-electron chi connectivity index (χ1n) is 14.6. The fourth-order valence-electron chi connectivity index (χ4n) is 5.80. The summed E-state index contributed by atoms with van der Waals surface area (Å²) in [5.74, 6) is 0.679. The Hall–Kier alpha value is -3.65. The average Bonchev–Trinajstić information content (AvgIpc) is 3.31. The number of aromatic nitrogens is 2. The van der Waals surface area contributed by atoms with Crippen LogP contribution in [0, 0.1) is 6.92 Å². The van der Waals surface area contributed by atoms with Crippen LogP contribution in [0.3, 0.4) is 0 Å². The summed E-state index contributed by atoms with van der Waals surface area (Å²) >= 11 is 6.55. The summed E-state index contributed by atoms with van der Waals surface area (Å²) in [4.78, 5) is 21.8. The number of nitrogens with zero attached hydrogens (tertiary/aromatic N) is 4. The normalized spacial score (nSPS) is 17.2. The van der Waals surface area contributed by atoms with Gasteiger partial charge in [0, 0.05) is 32.4 Å². The largest absolute Gasteiger partial charge is 0.465 e. The molecule has 4 aromatic rings. The Balaban J connectivity index is 1.15. The standard InChI is InChI=1S/C34H37ClN4O3/c1-23-7-10-31(29(35)17-23)37(2)27-6-4-5-25(19-27)18-24-11-14-38(15-12-24)22-33-36-30-9-8-26(34(40)41-3)20-32(30)39(33)21-28-13-16-42-28/h4-10,17-20,28H,11-16,21-22H2,1-3H3/t28-/m0/s1. The number of esters is 1. The first kappa shape index (κ1) is 28.5. The number of hydrogen-bond donors (Lipinski definition) is 0. The van der Waals surface area contributed by atoms with E-state index >= 15 is 0 Å². The summed E-state index contributed by atoms with van der Waals surface area (Å²) < 4.78 is 12.9. The maximum atomic E-state index is 12.2. The van der Waals surface area contributed by atoms with E-state index in [1.54, 1.807) is 6.07 Å². The molecule has 0 spiro atoms. The summed E-state index contributed by atoms with van der Waals surface area (Å²) in [5, 5.41) is 0.756. The van der Waals surface area contributed by atoms with Gasteiger partial charge in [0.2, 0.25) is 0 Å². The zero-order valence-electron chi connectivity index (χ0n) is 24.5. The molecule has 2 aliphatic rings. The molecular weight excluding hydrogens is 548 g/mol. The molecule has 2 fully saturated rings. The molecular formula is C34H37ClN4O3. The third-order valence-electron chi connectivity index (χ3n) is 8.38. The number of carbonyl (C=O) groups excluding carboxylic acids is 1. The van der Waals surface area contributed by atoms with E-state index in [0.29, 0.717) is 5.56 Å². The van der Waals surface area contributed by atoms with Gasteiger partial charge >= 0.3 is 5.97 Å². The Morgan fingerprint density at radius 1 is 1.14 bits per heavy atom. The second-order valence-electron chi connectivity index (χ2n) is 11.3. The summed E-state index contributed by atoms with van der Waals surface area (Å²) in [6.07, 6.45) is 5.60. The molecule has 6 rings (SSSR count). The SMILES string of the molecule is COC(=O)c1ccc2nc(CN3CCC(=Cc4cccc(N(C)c5ccc(C)cc5Cl)c4)CC3)n(C[C@@H]3CCO3)c2c1. The van der Waals surface area contributed by atoms with Crippen molar-refractivity contribution in [1.29, 1.82) is 0 Å². The monoisotopic (exact) mass is 584 g/mol. The lowest BCUT2D eigenvalue weighted by Crippen LogP contribution is -2.34. The number of anilines is 2. The van der Waals surface area contributed by atoms with Crippen LogP contribution in [-0.4, -0.2) is 60.4 Å². The smallest absolute Gasteiger partial charge is 0.337 e. The highest BCUT2D eigenvalue weighted by molar-refractivity contribution is 6.33. The van der Waals surface area contributed by atoms with E-state index in [2.05, 4.69) is 70.8 Å². The van der Waals surface area contributed by atoms with Crippen molar-refractivity contribution < 1.29 is 14.3 Å². The number of carbonyl (C=O) groups is 1. The third-order valence-corrected chi connectivity index (χ3v) is 8.69. The number of ether oxygens (including phenoxy) is 2. The van der Waals surface area contributed by atoms with E-state index in [0.717, 1.165) is 90.9 Å². The minimum absolute atomic E-state index is 0.190. The summed E-state index contributed by atoms with van der Waals surface area (Å²) in [7, 11) is 3.47. The second-order valence-corrected chi connectivity index (χ2v) is 11.7. The predicted octanol–water partition coefficient (Wildman–Crippen LogP) is 7.02. The van der Waals surface area contributed by atoms with Crippen LogP contribution in [0.15, 0.2) is 66.2 Å². The molecule has 8 heteroatoms. The number of fused-ring (bicyclic) bond motifs is 1. The third kappa shape index (κ3) is 6.09. The fraction of sp³-hybridized carbons (Fsp3) is 0.353. The first-order valence-corrected chi connectivity index (χ1v) is 15.0. The van der Waals surface area contributed by atoms with Gasteiger partial charge in [0.15, 0.2) is 0 Å². The Labute approximate surface area is 252 Å². The number of benzene rings is 3. The fourth-order valence-corrected chi connectivity index (χ4v) is 6.16. The molecule has 218 valence electrons. The van der Waals surface area contributed by atoms with Crippen LogP contribution in [0.1, 0.15) is 46.6 Å². The zero-order chi connectivity index (χ0) is 29.2. The Morgan fingerprint density at radius 2 is 1.95 bits per heavy atom. The van der Waals surface area contributed by atoms with E-state index in [-0.39, 0.29) is 12.1 Å². The van der Waals surface area contributed by atoms with Crippen LogP contribution >= 0.6 is 11.6 Å². The van der Waals surface area contributed by atoms with Crippen LogP contribution in [0.5, 0.6) is 0 Å². The van der Waals surface area contributed by atoms with Crippen molar-refractivity contribution in [2.45, 2.75) is 45.4 Å². The first-order chi connectivity index (χ1) is 20.4. The van der Waals surface area contributed by atoms with Crippen LogP contribution in [-0.2, 0) is 22.6 Å². The van der Waals surface area contributed by atoms with E-state index in [1.165, 1.54) is 18.2 Å². The molecule has 0 radical (unpaired) electrons. The number of methoxy groups -OCH3 is 1. The molecule has 0 aliphatic carbocycles. The predicted molar refractivity (Wildman–Crippen MR) is 169 cm³/mol. The number of halogens is 1. The molecule has 2 aliphatic heterocycles. The quantitative estimate of drug-likeness (QED) is 0.207. The number of imidazole rings is 1. The molecule has 0 N–H and O–H groups in total. The van der Waals surface area contributed by atoms with Gasteiger partial charge in [-0.15, -0.1) is 0 Å². The number of likely N-dealkylation sites (tertiary alicyclic amines) is 1. The Bertz CT molecular complexity index is 1630. The second kappa shape index (κ2) is 12.3. The molecule has 42 heavy (non-hydrogen) atoms. The summed E-state index contributed by atoms with van der Waals surface area (Å²) in [5.41, 5.74) is 8.31. The molecule has 0 bridgehead atoms. The van der Waals surface area contributed by atoms with Gasteiger partial charge < -0.3 is 18.9 Å². The summed E-state index contributed by atoms with van der Waals surface area (Å²) in [6.45, 7) is 6.31. The highest BCUT2D eigenvalue weighted by Crippen LogP contribution is 2.32. The van der Waals surface area contributed by atoms with Crippen molar-refractivity contribution in [3.8, 4) is 0 Å². The van der Waals surface area contributed by atoms with Crippen LogP contribution < -0.4 is 4.90 Å². The molecule has 7 nitrogen and oxygen atoms in total. The van der Waals surface area contributed by atoms with Gasteiger partial charge in [-0.2, -0.15) is 0 Å². The van der Waals surface area contributed by atoms with Gasteiger partial charge in [-0.3, -0.25) is 4.90 Å². The van der Waals surface area contributed by atoms with Crippen LogP contribution in [0.25, 0.3) is 17.1 Å². The molecule has 3 heterocycles. The Morgan fingerprint density at radius 3 is 2.67 bits per heavy atom. The maximum Gasteiger partial charge on any atom is 0.337 e. The van der Waals surface area contributed by atoms with Crippen molar-refractivity contribution >= 4 is 46.1 Å². The van der Waals surface area contributed by atoms with E-state index in [9.17, 15) is 4.79 Å². The van der Waals surface area contributed by atoms with Gasteiger partial charge in [-0.1, -0.05) is 41.4 Å². The molecule has 3 aromatic carbocycles. The molecule has 1 atom stereocenters. The number of aryl methyl sites for hydroxylation is 1. The lowest BCUT2D eigenvalue weighted by Gasteiger charge is -2.30. The molecule has 0 unspecified atom stereocenters. The number of rotatable bonds is 8. The molecule has 0 saturated carbocycles. The van der Waals surface area contributed by atoms with Crippen molar-refractivity contribution in [3.05, 3.63) is 93.8 Å². The highest BCUT2D eigenvalue weighted by Gasteiger charge is 2.24. The number of piperidine rings is 1. The molecule has 2 saturated heterocycles. The molecule has 1 aromatic heterocycles. The van der Waals surface area contributed by atoms with Gasteiger partial charge in [-0.25, -0.2) is 9.78 Å².